The maximum Gasteiger partial charge on any atom is 0.317 e. The first-order chi connectivity index (χ1) is 9.20. The maximum atomic E-state index is 10.6. The quantitative estimate of drug-likeness (QED) is 0.158. The zero-order valence-electron chi connectivity index (χ0n) is 15.8. The summed E-state index contributed by atoms with van der Waals surface area (Å²) in [5.41, 5.74) is 0. The third kappa shape index (κ3) is 34.7. The molecule has 0 amide bonds. The highest BCUT2D eigenvalue weighted by molar-refractivity contribution is 5.73. The molecule has 0 aromatic carbocycles. The Balaban J connectivity index is -0.0000000645. The molecular weight excluding hydrogens is 392 g/mol. The van der Waals surface area contributed by atoms with Gasteiger partial charge >= 0.3 is 23.9 Å². The van der Waals surface area contributed by atoms with Crippen molar-refractivity contribution < 1.29 is 50.6 Å². The van der Waals surface area contributed by atoms with E-state index in [0.717, 1.165) is 9.80 Å². The molecule has 0 aliphatic carbocycles. The predicted octanol–water partition coefficient (Wildman–Crippen LogP) is -2.75. The number of rotatable bonds is 11. The van der Waals surface area contributed by atoms with Gasteiger partial charge in [0.25, 0.3) is 0 Å². The molecule has 0 aromatic rings. The number of carboxylic acid groups (broad SMARTS) is 4. The summed E-state index contributed by atoms with van der Waals surface area (Å²) >= 11 is 0. The van der Waals surface area contributed by atoms with Crippen molar-refractivity contribution in [2.75, 3.05) is 39.3 Å². The van der Waals surface area contributed by atoms with Gasteiger partial charge in [0.2, 0.25) is 0 Å². The summed E-state index contributed by atoms with van der Waals surface area (Å²) in [5.74, 6) is -4.91. The molecule has 0 saturated heterocycles. The molecule has 0 saturated carbocycles. The Kier molecular flexibility index (Phi) is 58.7. The van der Waals surface area contributed by atoms with Gasteiger partial charge in [-0.25, -0.2) is 0 Å². The van der Waals surface area contributed by atoms with Crippen LogP contribution in [0.15, 0.2) is 0 Å². The molecule has 0 unspecified atom stereocenters. The normalized spacial score (nSPS) is 7.64. The summed E-state index contributed by atoms with van der Waals surface area (Å²) in [4.78, 5) is 44.4. The van der Waals surface area contributed by atoms with Gasteiger partial charge in [-0.05, 0) is 0 Å². The van der Waals surface area contributed by atoms with Crippen molar-refractivity contribution in [1.29, 1.82) is 0 Å². The lowest BCUT2D eigenvalue weighted by Crippen LogP contribution is -2.43. The van der Waals surface area contributed by atoms with Crippen LogP contribution in [0.1, 0.15) is 0 Å². The molecule has 18 nitrogen and oxygen atoms in total. The van der Waals surface area contributed by atoms with Gasteiger partial charge in [0.15, 0.2) is 0 Å². The molecule has 0 radical (unpaired) electrons. The van der Waals surface area contributed by atoms with Crippen molar-refractivity contribution in [2.45, 2.75) is 0 Å². The van der Waals surface area contributed by atoms with Crippen LogP contribution in [0.3, 0.4) is 0 Å². The second kappa shape index (κ2) is 29.3. The molecule has 18 heteroatoms. The lowest BCUT2D eigenvalue weighted by molar-refractivity contribution is -0.145. The van der Waals surface area contributed by atoms with Crippen LogP contribution in [0.2, 0.25) is 0 Å². The molecule has 26 N–H and O–H groups in total. The van der Waals surface area contributed by atoms with E-state index in [1.54, 1.807) is 0 Å². The van der Waals surface area contributed by atoms with E-state index in [2.05, 4.69) is 0 Å². The smallest absolute Gasteiger partial charge is 0.317 e. The summed E-state index contributed by atoms with van der Waals surface area (Å²) in [6.07, 6.45) is 0. The molecule has 0 aliphatic heterocycles. The van der Waals surface area contributed by atoms with Crippen LogP contribution in [-0.4, -0.2) is 104 Å². The van der Waals surface area contributed by atoms with Crippen molar-refractivity contribution in [3.63, 3.8) is 0 Å². The Morgan fingerprint density at radius 3 is 0.714 bits per heavy atom. The first kappa shape index (κ1) is 56.2. The molecule has 0 spiro atoms. The fraction of sp³-hybridized carbons (Fsp3) is 0.600. The summed E-state index contributed by atoms with van der Waals surface area (Å²) in [5, 5.41) is 34.5. The van der Waals surface area contributed by atoms with Gasteiger partial charge in [0, 0.05) is 13.1 Å². The minimum Gasteiger partial charge on any atom is -0.480 e. The van der Waals surface area contributed by atoms with Crippen molar-refractivity contribution in [3.05, 3.63) is 0 Å². The lowest BCUT2D eigenvalue weighted by atomic mass is 10.4. The summed E-state index contributed by atoms with van der Waals surface area (Å²) in [7, 11) is 0. The SMILES string of the molecule is N.N.N.N.N.N.O.O.O=C(O)CN(CCN(CC(=O)O)CC(=O)O)CC(=O)O. The summed E-state index contributed by atoms with van der Waals surface area (Å²) in [6.45, 7) is -2.25. The van der Waals surface area contributed by atoms with Crippen molar-refractivity contribution in [2.24, 2.45) is 0 Å². The first-order valence-electron chi connectivity index (χ1n) is 5.52. The topological polar surface area (TPSA) is 429 Å². The number of hydrogen-bond donors (Lipinski definition) is 10. The van der Waals surface area contributed by atoms with Crippen LogP contribution >= 0.6 is 0 Å². The Hall–Kier alpha value is -2.52. The third-order valence-corrected chi connectivity index (χ3v) is 2.17. The molecule has 0 bridgehead atoms. The zero-order valence-corrected chi connectivity index (χ0v) is 15.8. The Morgan fingerprint density at radius 2 is 0.607 bits per heavy atom. The monoisotopic (exact) mass is 430 g/mol. The fourth-order valence-corrected chi connectivity index (χ4v) is 1.48. The molecule has 0 aliphatic rings. The van der Waals surface area contributed by atoms with Gasteiger partial charge < -0.3 is 68.3 Å². The van der Waals surface area contributed by atoms with E-state index in [1.807, 2.05) is 0 Å². The molecule has 0 heterocycles. The van der Waals surface area contributed by atoms with E-state index < -0.39 is 50.1 Å². The number of carboxylic acids is 4. The fourth-order valence-electron chi connectivity index (χ4n) is 1.48. The molecule has 0 rings (SSSR count). The van der Waals surface area contributed by atoms with Crippen LogP contribution in [-0.2, 0) is 19.2 Å². The van der Waals surface area contributed by atoms with E-state index in [-0.39, 0.29) is 60.9 Å². The third-order valence-electron chi connectivity index (χ3n) is 2.17. The van der Waals surface area contributed by atoms with E-state index in [0.29, 0.717) is 0 Å². The standard InChI is InChI=1S/C10H16N2O8.6H3N.2H2O/c13-7(14)3-11(4-8(15)16)1-2-12(5-9(17)18)6-10(19)20;;;;;;;;/h1-6H2,(H,13,14)(H,15,16)(H,17,18)(H,19,20);6*1H3;2*1H2. The molecule has 178 valence electrons. The van der Waals surface area contributed by atoms with Gasteiger partial charge in [0.05, 0.1) is 26.2 Å². The van der Waals surface area contributed by atoms with Crippen LogP contribution in [0.25, 0.3) is 0 Å². The number of nitrogens with zero attached hydrogens (tertiary/aromatic N) is 2. The van der Waals surface area contributed by atoms with Gasteiger partial charge in [-0.2, -0.15) is 0 Å². The van der Waals surface area contributed by atoms with Gasteiger partial charge in [-0.1, -0.05) is 0 Å². The van der Waals surface area contributed by atoms with Crippen molar-refractivity contribution in [1.82, 2.24) is 46.7 Å². The first-order valence-corrected chi connectivity index (χ1v) is 5.52. The zero-order chi connectivity index (χ0) is 15.7. The number of hydrogen-bond acceptors (Lipinski definition) is 12. The van der Waals surface area contributed by atoms with E-state index in [9.17, 15) is 19.2 Å². The van der Waals surface area contributed by atoms with Crippen LogP contribution in [0, 0.1) is 0 Å². The summed E-state index contributed by atoms with van der Waals surface area (Å²) < 4.78 is 0. The minimum atomic E-state index is -1.23. The maximum absolute atomic E-state index is 10.6. The van der Waals surface area contributed by atoms with E-state index >= 15 is 0 Å². The molecule has 0 fully saturated rings. The second-order valence-electron chi connectivity index (χ2n) is 4.00. The van der Waals surface area contributed by atoms with Gasteiger partial charge in [-0.3, -0.25) is 29.0 Å². The molecule has 0 aromatic heterocycles. The molecule has 28 heavy (non-hydrogen) atoms. The van der Waals surface area contributed by atoms with Gasteiger partial charge in [-0.15, -0.1) is 0 Å². The molecule has 0 atom stereocenters. The highest BCUT2D eigenvalue weighted by atomic mass is 16.4. The van der Waals surface area contributed by atoms with Gasteiger partial charge in [0.1, 0.15) is 0 Å². The Bertz CT molecular complexity index is 332. The van der Waals surface area contributed by atoms with Crippen LogP contribution in [0.5, 0.6) is 0 Å². The number of aliphatic carboxylic acids is 4. The van der Waals surface area contributed by atoms with Crippen molar-refractivity contribution in [3.8, 4) is 0 Å². The largest absolute Gasteiger partial charge is 0.480 e. The van der Waals surface area contributed by atoms with Crippen molar-refractivity contribution >= 4 is 23.9 Å². The van der Waals surface area contributed by atoms with E-state index in [4.69, 9.17) is 20.4 Å². The van der Waals surface area contributed by atoms with Crippen LogP contribution < -0.4 is 36.9 Å². The van der Waals surface area contributed by atoms with E-state index in [1.165, 1.54) is 0 Å². The predicted molar refractivity (Wildman–Crippen MR) is 101 cm³/mol. The highest BCUT2D eigenvalue weighted by Crippen LogP contribution is 1.94. The average Bonchev–Trinajstić information content (AvgIpc) is 2.22. The average molecular weight is 430 g/mol. The summed E-state index contributed by atoms with van der Waals surface area (Å²) in [6, 6.07) is 0. The second-order valence-corrected chi connectivity index (χ2v) is 4.00. The van der Waals surface area contributed by atoms with Crippen LogP contribution in [0.4, 0.5) is 0 Å². The number of carbonyl (C=O) groups is 4. The molecular formula is C10H38N8O10. The lowest BCUT2D eigenvalue weighted by Gasteiger charge is -2.23. The Labute approximate surface area is 161 Å². The minimum absolute atomic E-state index is 0. The Morgan fingerprint density at radius 1 is 0.464 bits per heavy atom. The highest BCUT2D eigenvalue weighted by Gasteiger charge is 2.17.